The van der Waals surface area contributed by atoms with Crippen molar-refractivity contribution in [2.45, 2.75) is 26.4 Å². The van der Waals surface area contributed by atoms with Crippen LogP contribution in [0.4, 0.5) is 11.4 Å². The topological polar surface area (TPSA) is 53.0 Å². The van der Waals surface area contributed by atoms with Crippen LogP contribution in [-0.4, -0.2) is 6.04 Å². The second-order valence-electron chi connectivity index (χ2n) is 5.21. The van der Waals surface area contributed by atoms with E-state index in [0.29, 0.717) is 12.1 Å². The minimum atomic E-state index is 0.271. The van der Waals surface area contributed by atoms with Crippen LogP contribution in [0.2, 0.25) is 0 Å². The standard InChI is InChI=1S/C17H18BrN3/c1-12(2)21(11-13-5-3-6-14(20)9-13)17-8-4-7-16(18)15(17)10-19/h3-9,12H,11,20H2,1-2H3. The number of rotatable bonds is 4. The molecular weight excluding hydrogens is 326 g/mol. The van der Waals surface area contributed by atoms with Gasteiger partial charge in [0.1, 0.15) is 6.07 Å². The van der Waals surface area contributed by atoms with E-state index in [1.807, 2.05) is 36.4 Å². The molecule has 0 amide bonds. The smallest absolute Gasteiger partial charge is 0.103 e. The molecule has 2 aromatic carbocycles. The van der Waals surface area contributed by atoms with E-state index in [1.54, 1.807) is 0 Å². The van der Waals surface area contributed by atoms with Gasteiger partial charge in [-0.3, -0.25) is 0 Å². The second-order valence-corrected chi connectivity index (χ2v) is 6.07. The van der Waals surface area contributed by atoms with Crippen LogP contribution < -0.4 is 10.6 Å². The van der Waals surface area contributed by atoms with E-state index < -0.39 is 0 Å². The van der Waals surface area contributed by atoms with Crippen molar-refractivity contribution in [3.05, 3.63) is 58.1 Å². The van der Waals surface area contributed by atoms with Crippen molar-refractivity contribution in [1.29, 1.82) is 5.26 Å². The lowest BCUT2D eigenvalue weighted by Gasteiger charge is -2.30. The predicted octanol–water partition coefficient (Wildman–Crippen LogP) is 4.32. The molecule has 0 bridgehead atoms. The van der Waals surface area contributed by atoms with Gasteiger partial charge in [0.2, 0.25) is 0 Å². The highest BCUT2D eigenvalue weighted by Gasteiger charge is 2.16. The first-order valence-electron chi connectivity index (χ1n) is 6.82. The van der Waals surface area contributed by atoms with E-state index in [9.17, 15) is 5.26 Å². The Morgan fingerprint density at radius 2 is 1.95 bits per heavy atom. The number of nitrogens with two attached hydrogens (primary N) is 1. The van der Waals surface area contributed by atoms with Crippen molar-refractivity contribution >= 4 is 27.3 Å². The van der Waals surface area contributed by atoms with Gasteiger partial charge in [0.15, 0.2) is 0 Å². The maximum absolute atomic E-state index is 9.41. The van der Waals surface area contributed by atoms with Crippen molar-refractivity contribution in [3.8, 4) is 6.07 Å². The third-order valence-corrected chi connectivity index (χ3v) is 4.00. The lowest BCUT2D eigenvalue weighted by molar-refractivity contribution is 0.681. The van der Waals surface area contributed by atoms with E-state index in [4.69, 9.17) is 5.73 Å². The summed E-state index contributed by atoms with van der Waals surface area (Å²) in [5, 5.41) is 9.41. The second kappa shape index (κ2) is 6.64. The maximum Gasteiger partial charge on any atom is 0.103 e. The minimum Gasteiger partial charge on any atom is -0.399 e. The number of nitrogens with zero attached hydrogens (tertiary/aromatic N) is 2. The van der Waals surface area contributed by atoms with Crippen LogP contribution in [0.1, 0.15) is 25.0 Å². The van der Waals surface area contributed by atoms with Crippen molar-refractivity contribution in [3.63, 3.8) is 0 Å². The quantitative estimate of drug-likeness (QED) is 0.841. The molecule has 2 rings (SSSR count). The monoisotopic (exact) mass is 343 g/mol. The molecule has 0 saturated heterocycles. The lowest BCUT2D eigenvalue weighted by atomic mass is 10.1. The highest BCUT2D eigenvalue weighted by Crippen LogP contribution is 2.29. The van der Waals surface area contributed by atoms with E-state index >= 15 is 0 Å². The molecule has 2 N–H and O–H groups in total. The summed E-state index contributed by atoms with van der Waals surface area (Å²) in [5.41, 5.74) is 9.34. The third-order valence-electron chi connectivity index (χ3n) is 3.34. The van der Waals surface area contributed by atoms with Gasteiger partial charge in [-0.2, -0.15) is 5.26 Å². The minimum absolute atomic E-state index is 0.271. The molecule has 4 heteroatoms. The SMILES string of the molecule is CC(C)N(Cc1cccc(N)c1)c1cccc(Br)c1C#N. The molecule has 108 valence electrons. The van der Waals surface area contributed by atoms with Crippen molar-refractivity contribution in [1.82, 2.24) is 0 Å². The number of anilines is 2. The van der Waals surface area contributed by atoms with Crippen molar-refractivity contribution in [2.75, 3.05) is 10.6 Å². The molecule has 0 unspecified atom stereocenters. The number of hydrogen-bond donors (Lipinski definition) is 1. The number of nitriles is 1. The zero-order chi connectivity index (χ0) is 15.4. The lowest BCUT2D eigenvalue weighted by Crippen LogP contribution is -2.30. The molecule has 0 spiro atoms. The number of hydrogen-bond acceptors (Lipinski definition) is 3. The van der Waals surface area contributed by atoms with Gasteiger partial charge in [-0.1, -0.05) is 18.2 Å². The third kappa shape index (κ3) is 3.56. The van der Waals surface area contributed by atoms with Gasteiger partial charge in [-0.25, -0.2) is 0 Å². The number of halogens is 1. The van der Waals surface area contributed by atoms with Gasteiger partial charge in [0.05, 0.1) is 11.3 Å². The maximum atomic E-state index is 9.41. The summed E-state index contributed by atoms with van der Waals surface area (Å²) in [6.45, 7) is 4.95. The normalized spacial score (nSPS) is 10.4. The van der Waals surface area contributed by atoms with E-state index in [1.165, 1.54) is 0 Å². The highest BCUT2D eigenvalue weighted by atomic mass is 79.9. The Kier molecular flexibility index (Phi) is 4.87. The first-order chi connectivity index (χ1) is 10.0. The fourth-order valence-corrected chi connectivity index (χ4v) is 2.74. The Morgan fingerprint density at radius 3 is 2.57 bits per heavy atom. The Morgan fingerprint density at radius 1 is 1.24 bits per heavy atom. The summed E-state index contributed by atoms with van der Waals surface area (Å²) in [5.74, 6) is 0. The van der Waals surface area contributed by atoms with Crippen LogP contribution >= 0.6 is 15.9 Å². The summed E-state index contributed by atoms with van der Waals surface area (Å²) >= 11 is 3.45. The molecule has 0 aliphatic carbocycles. The average molecular weight is 344 g/mol. The van der Waals surface area contributed by atoms with E-state index in [2.05, 4.69) is 46.8 Å². The highest BCUT2D eigenvalue weighted by molar-refractivity contribution is 9.10. The van der Waals surface area contributed by atoms with E-state index in [-0.39, 0.29) is 6.04 Å². The summed E-state index contributed by atoms with van der Waals surface area (Å²) in [7, 11) is 0. The fourth-order valence-electron chi connectivity index (χ4n) is 2.30. The first-order valence-corrected chi connectivity index (χ1v) is 7.62. The molecule has 0 aliphatic rings. The zero-order valence-corrected chi connectivity index (χ0v) is 13.8. The average Bonchev–Trinajstić information content (AvgIpc) is 2.44. The molecular formula is C17H18BrN3. The number of benzene rings is 2. The summed E-state index contributed by atoms with van der Waals surface area (Å²) in [6.07, 6.45) is 0. The Bertz CT molecular complexity index is 674. The van der Waals surface area contributed by atoms with Gasteiger partial charge < -0.3 is 10.6 Å². The van der Waals surface area contributed by atoms with Crippen LogP contribution in [0.15, 0.2) is 46.9 Å². The Balaban J connectivity index is 2.41. The Labute approximate surface area is 134 Å². The molecule has 0 heterocycles. The molecule has 0 saturated carbocycles. The molecule has 0 aromatic heterocycles. The predicted molar refractivity (Wildman–Crippen MR) is 91.0 cm³/mol. The van der Waals surface area contributed by atoms with Crippen molar-refractivity contribution in [2.24, 2.45) is 0 Å². The molecule has 2 aromatic rings. The molecule has 21 heavy (non-hydrogen) atoms. The van der Waals surface area contributed by atoms with Crippen LogP contribution in [0.3, 0.4) is 0 Å². The van der Waals surface area contributed by atoms with Gasteiger partial charge in [-0.15, -0.1) is 0 Å². The fraction of sp³-hybridized carbons (Fsp3) is 0.235. The summed E-state index contributed by atoms with van der Waals surface area (Å²) < 4.78 is 0.820. The van der Waals surface area contributed by atoms with Gasteiger partial charge in [-0.05, 0) is 59.6 Å². The van der Waals surface area contributed by atoms with Crippen LogP contribution in [-0.2, 0) is 6.54 Å². The molecule has 0 aliphatic heterocycles. The van der Waals surface area contributed by atoms with Crippen LogP contribution in [0.5, 0.6) is 0 Å². The van der Waals surface area contributed by atoms with Gasteiger partial charge in [0.25, 0.3) is 0 Å². The van der Waals surface area contributed by atoms with Gasteiger partial charge in [0, 0.05) is 22.7 Å². The molecule has 0 atom stereocenters. The zero-order valence-electron chi connectivity index (χ0n) is 12.2. The summed E-state index contributed by atoms with van der Waals surface area (Å²) in [6, 6.07) is 16.2. The number of nitrogen functional groups attached to an aromatic ring is 1. The van der Waals surface area contributed by atoms with Crippen LogP contribution in [0.25, 0.3) is 0 Å². The first kappa shape index (κ1) is 15.4. The van der Waals surface area contributed by atoms with E-state index in [0.717, 1.165) is 21.4 Å². The van der Waals surface area contributed by atoms with Crippen molar-refractivity contribution < 1.29 is 0 Å². The Hall–Kier alpha value is -1.99. The largest absolute Gasteiger partial charge is 0.399 e. The summed E-state index contributed by atoms with van der Waals surface area (Å²) in [4.78, 5) is 2.21. The van der Waals surface area contributed by atoms with Gasteiger partial charge >= 0.3 is 0 Å². The molecule has 0 fully saturated rings. The molecule has 3 nitrogen and oxygen atoms in total. The molecule has 0 radical (unpaired) electrons. The van der Waals surface area contributed by atoms with Crippen LogP contribution in [0, 0.1) is 11.3 Å².